The molecule has 2 bridgehead atoms. The van der Waals surface area contributed by atoms with Crippen molar-refractivity contribution in [1.82, 2.24) is 19.9 Å². The number of fused-ring (bicyclic) bond motifs is 3. The van der Waals surface area contributed by atoms with Gasteiger partial charge in [-0.15, -0.1) is 0 Å². The Balaban J connectivity index is 1.67. The van der Waals surface area contributed by atoms with Crippen LogP contribution in [0.5, 0.6) is 0 Å². The third kappa shape index (κ3) is 2.64. The van der Waals surface area contributed by atoms with Crippen LogP contribution in [0.25, 0.3) is 0 Å². The van der Waals surface area contributed by atoms with Crippen LogP contribution in [-0.2, 0) is 4.74 Å². The van der Waals surface area contributed by atoms with Crippen molar-refractivity contribution in [1.29, 1.82) is 0 Å². The Morgan fingerprint density at radius 3 is 2.84 bits per heavy atom. The lowest BCUT2D eigenvalue weighted by Crippen LogP contribution is -2.57. The highest BCUT2D eigenvalue weighted by Crippen LogP contribution is 2.27. The number of nitrogens with zero attached hydrogens (tertiary/aromatic N) is 4. The molecule has 3 aliphatic rings. The molecule has 2 N–H and O–H groups in total. The normalized spacial score (nSPS) is 31.6. The molecule has 106 valence electrons. The van der Waals surface area contributed by atoms with Crippen LogP contribution < -0.4 is 5.73 Å². The molecule has 2 unspecified atom stereocenters. The molecule has 7 nitrogen and oxygen atoms in total. The van der Waals surface area contributed by atoms with Crippen molar-refractivity contribution in [3.8, 4) is 0 Å². The summed E-state index contributed by atoms with van der Waals surface area (Å²) in [5.41, 5.74) is 6.00. The van der Waals surface area contributed by atoms with E-state index in [-0.39, 0.29) is 12.1 Å². The van der Waals surface area contributed by atoms with E-state index in [1.54, 1.807) is 7.11 Å². The summed E-state index contributed by atoms with van der Waals surface area (Å²) in [7, 11) is 1.66. The van der Waals surface area contributed by atoms with Crippen LogP contribution >= 0.6 is 0 Å². The predicted molar refractivity (Wildman–Crippen MR) is 68.5 cm³/mol. The molecule has 3 saturated heterocycles. The highest BCUT2D eigenvalue weighted by atomic mass is 16.5. The lowest BCUT2D eigenvalue weighted by molar-refractivity contribution is 0.00781. The van der Waals surface area contributed by atoms with Crippen molar-refractivity contribution in [2.24, 2.45) is 5.73 Å². The number of aromatic nitrogens is 2. The molecule has 0 aliphatic carbocycles. The molecule has 1 aromatic rings. The van der Waals surface area contributed by atoms with E-state index in [9.17, 15) is 0 Å². The third-order valence-corrected chi connectivity index (χ3v) is 3.98. The molecule has 4 rings (SSSR count). The molecule has 1 aromatic heterocycles. The van der Waals surface area contributed by atoms with E-state index >= 15 is 0 Å². The highest BCUT2D eigenvalue weighted by Gasteiger charge is 2.35. The average molecular weight is 267 g/mol. The average Bonchev–Trinajstić information content (AvgIpc) is 2.95. The monoisotopic (exact) mass is 267 g/mol. The van der Waals surface area contributed by atoms with E-state index in [2.05, 4.69) is 19.9 Å². The van der Waals surface area contributed by atoms with Crippen LogP contribution in [0.4, 0.5) is 0 Å². The minimum atomic E-state index is -0.239. The first-order chi connectivity index (χ1) is 9.28. The first kappa shape index (κ1) is 13.0. The van der Waals surface area contributed by atoms with E-state index in [0.717, 1.165) is 38.5 Å². The number of hydrogen-bond acceptors (Lipinski definition) is 7. The summed E-state index contributed by atoms with van der Waals surface area (Å²) in [5.74, 6) is 1.29. The van der Waals surface area contributed by atoms with Gasteiger partial charge in [-0.25, -0.2) is 0 Å². The van der Waals surface area contributed by atoms with Gasteiger partial charge in [0.15, 0.2) is 5.82 Å². The largest absolute Gasteiger partial charge is 0.385 e. The van der Waals surface area contributed by atoms with Crippen LogP contribution in [-0.4, -0.2) is 66.4 Å². The van der Waals surface area contributed by atoms with Gasteiger partial charge in [0.05, 0.1) is 12.1 Å². The fraction of sp³-hybridized carbons (Fsp3) is 0.833. The lowest BCUT2D eigenvalue weighted by atomic mass is 10.1. The van der Waals surface area contributed by atoms with Gasteiger partial charge in [0.2, 0.25) is 5.89 Å². The Labute approximate surface area is 112 Å². The van der Waals surface area contributed by atoms with Gasteiger partial charge in [0.1, 0.15) is 0 Å². The van der Waals surface area contributed by atoms with Crippen molar-refractivity contribution >= 4 is 0 Å². The Bertz CT molecular complexity index is 416. The second-order valence-electron chi connectivity index (χ2n) is 5.23. The molecule has 0 radical (unpaired) electrons. The van der Waals surface area contributed by atoms with Gasteiger partial charge in [-0.3, -0.25) is 9.80 Å². The van der Waals surface area contributed by atoms with E-state index in [0.29, 0.717) is 18.9 Å². The Morgan fingerprint density at radius 1 is 1.42 bits per heavy atom. The van der Waals surface area contributed by atoms with Gasteiger partial charge in [0, 0.05) is 46.4 Å². The Kier molecular flexibility index (Phi) is 3.79. The third-order valence-electron chi connectivity index (χ3n) is 3.98. The standard InChI is InChI=1S/C12H21N5O2/c1-18-7-2-9(13)12-14-11(15-19-12)10-8-16-3-5-17(10)6-4-16/h9-10H,2-8,13H2,1H3. The molecule has 4 heterocycles. The molecule has 0 amide bonds. The second kappa shape index (κ2) is 5.54. The van der Waals surface area contributed by atoms with Gasteiger partial charge in [-0.1, -0.05) is 5.16 Å². The van der Waals surface area contributed by atoms with Crippen LogP contribution in [0.1, 0.15) is 30.2 Å². The zero-order chi connectivity index (χ0) is 13.2. The molecule has 3 fully saturated rings. The number of hydrogen-bond donors (Lipinski definition) is 1. The number of piperazine rings is 3. The van der Waals surface area contributed by atoms with Gasteiger partial charge in [-0.05, 0) is 6.42 Å². The summed E-state index contributed by atoms with van der Waals surface area (Å²) < 4.78 is 10.3. The van der Waals surface area contributed by atoms with Crippen molar-refractivity contribution in [3.05, 3.63) is 11.7 Å². The first-order valence-corrected chi connectivity index (χ1v) is 6.82. The summed E-state index contributed by atoms with van der Waals surface area (Å²) in [6.45, 7) is 6.06. The fourth-order valence-electron chi connectivity index (χ4n) is 2.76. The van der Waals surface area contributed by atoms with Crippen molar-refractivity contribution in [3.63, 3.8) is 0 Å². The molecular formula is C12H21N5O2. The predicted octanol–water partition coefficient (Wildman–Crippen LogP) is -0.222. The summed E-state index contributed by atoms with van der Waals surface area (Å²) in [6.07, 6.45) is 0.693. The number of ether oxygens (including phenoxy) is 1. The molecule has 0 aromatic carbocycles. The van der Waals surface area contributed by atoms with Crippen molar-refractivity contribution in [2.75, 3.05) is 46.4 Å². The van der Waals surface area contributed by atoms with Gasteiger partial charge >= 0.3 is 0 Å². The fourth-order valence-corrected chi connectivity index (χ4v) is 2.76. The Hall–Kier alpha value is -1.02. The van der Waals surface area contributed by atoms with E-state index in [1.165, 1.54) is 0 Å². The zero-order valence-electron chi connectivity index (χ0n) is 11.3. The van der Waals surface area contributed by atoms with E-state index in [1.807, 2.05) is 0 Å². The van der Waals surface area contributed by atoms with Crippen LogP contribution in [0.15, 0.2) is 4.52 Å². The quantitative estimate of drug-likeness (QED) is 0.789. The minimum absolute atomic E-state index is 0.239. The second-order valence-corrected chi connectivity index (χ2v) is 5.23. The maximum atomic E-state index is 6.00. The molecule has 0 spiro atoms. The minimum Gasteiger partial charge on any atom is -0.385 e. The van der Waals surface area contributed by atoms with Gasteiger partial charge in [-0.2, -0.15) is 4.98 Å². The SMILES string of the molecule is COCCC(N)c1nc(C2CN3CCN2CC3)no1. The zero-order valence-corrected chi connectivity index (χ0v) is 11.3. The van der Waals surface area contributed by atoms with Crippen molar-refractivity contribution in [2.45, 2.75) is 18.5 Å². The smallest absolute Gasteiger partial charge is 0.243 e. The number of rotatable bonds is 5. The summed E-state index contributed by atoms with van der Waals surface area (Å²) in [6, 6.07) is 0.0203. The lowest BCUT2D eigenvalue weighted by Gasteiger charge is -2.46. The van der Waals surface area contributed by atoms with E-state index in [4.69, 9.17) is 15.0 Å². The maximum Gasteiger partial charge on any atom is 0.243 e. The van der Waals surface area contributed by atoms with Crippen LogP contribution in [0.3, 0.4) is 0 Å². The van der Waals surface area contributed by atoms with Crippen LogP contribution in [0, 0.1) is 0 Å². The summed E-state index contributed by atoms with van der Waals surface area (Å²) >= 11 is 0. The van der Waals surface area contributed by atoms with Gasteiger partial charge < -0.3 is 15.0 Å². The highest BCUT2D eigenvalue weighted by molar-refractivity contribution is 5.02. The van der Waals surface area contributed by atoms with E-state index < -0.39 is 0 Å². The molecule has 2 atom stereocenters. The maximum absolute atomic E-state index is 6.00. The molecule has 0 saturated carbocycles. The first-order valence-electron chi connectivity index (χ1n) is 6.82. The molecule has 7 heteroatoms. The van der Waals surface area contributed by atoms with Crippen LogP contribution in [0.2, 0.25) is 0 Å². The summed E-state index contributed by atoms with van der Waals surface area (Å²) in [4.78, 5) is 9.35. The summed E-state index contributed by atoms with van der Waals surface area (Å²) in [5, 5.41) is 4.11. The number of nitrogens with two attached hydrogens (primary N) is 1. The van der Waals surface area contributed by atoms with Gasteiger partial charge in [0.25, 0.3) is 0 Å². The molecule has 3 aliphatic heterocycles. The molecule has 19 heavy (non-hydrogen) atoms. The topological polar surface area (TPSA) is 80.7 Å². The number of methoxy groups -OCH3 is 1. The van der Waals surface area contributed by atoms with Crippen molar-refractivity contribution < 1.29 is 9.26 Å². The Morgan fingerprint density at radius 2 is 2.21 bits per heavy atom. The molecular weight excluding hydrogens is 246 g/mol.